The van der Waals surface area contributed by atoms with E-state index in [0.29, 0.717) is 38.5 Å². The number of ether oxygens (including phenoxy) is 1. The van der Waals surface area contributed by atoms with E-state index in [1.54, 1.807) is 23.9 Å². The average molecular weight is 349 g/mol. The molecule has 2 aliphatic rings. The Bertz CT molecular complexity index is 609. The van der Waals surface area contributed by atoms with Crippen LogP contribution < -0.4 is 0 Å². The van der Waals surface area contributed by atoms with Gasteiger partial charge in [0.15, 0.2) is 0 Å². The van der Waals surface area contributed by atoms with Gasteiger partial charge in [-0.25, -0.2) is 0 Å². The number of H-pyrrole nitrogens is 1. The highest BCUT2D eigenvalue weighted by atomic mass is 16.5. The molecule has 138 valence electrons. The number of hydrogen-bond donors (Lipinski definition) is 1. The van der Waals surface area contributed by atoms with Crippen LogP contribution >= 0.6 is 0 Å². The summed E-state index contributed by atoms with van der Waals surface area (Å²) in [5.74, 6) is 0.358. The van der Waals surface area contributed by atoms with Crippen molar-refractivity contribution in [1.82, 2.24) is 24.9 Å². The number of carbonyl (C=O) groups is 2. The predicted molar refractivity (Wildman–Crippen MR) is 92.4 cm³/mol. The number of likely N-dealkylation sites (N-methyl/N-ethyl adjacent to an activating group) is 1. The van der Waals surface area contributed by atoms with Gasteiger partial charge < -0.3 is 14.5 Å². The zero-order valence-corrected chi connectivity index (χ0v) is 15.0. The van der Waals surface area contributed by atoms with E-state index in [9.17, 15) is 9.59 Å². The molecule has 2 aliphatic heterocycles. The molecule has 0 saturated carbocycles. The lowest BCUT2D eigenvalue weighted by Crippen LogP contribution is -2.41. The van der Waals surface area contributed by atoms with Crippen LogP contribution in [-0.2, 0) is 9.53 Å². The summed E-state index contributed by atoms with van der Waals surface area (Å²) in [6.45, 7) is 4.59. The van der Waals surface area contributed by atoms with Gasteiger partial charge in [-0.2, -0.15) is 5.10 Å². The number of nitrogens with zero attached hydrogens (tertiary/aromatic N) is 4. The normalized spacial score (nSPS) is 22.0. The maximum atomic E-state index is 12.5. The minimum atomic E-state index is -0.0405. The summed E-state index contributed by atoms with van der Waals surface area (Å²) >= 11 is 0. The van der Waals surface area contributed by atoms with Crippen LogP contribution in [0.3, 0.4) is 0 Å². The molecule has 3 rings (SSSR count). The van der Waals surface area contributed by atoms with Crippen molar-refractivity contribution in [3.63, 3.8) is 0 Å². The third kappa shape index (κ3) is 4.38. The average Bonchev–Trinajstić information content (AvgIpc) is 3.12. The first-order chi connectivity index (χ1) is 12.0. The van der Waals surface area contributed by atoms with Crippen molar-refractivity contribution in [2.24, 2.45) is 0 Å². The van der Waals surface area contributed by atoms with Crippen molar-refractivity contribution in [3.8, 4) is 0 Å². The van der Waals surface area contributed by atoms with Crippen LogP contribution in [0.5, 0.6) is 0 Å². The smallest absolute Gasteiger partial charge is 0.274 e. The van der Waals surface area contributed by atoms with Gasteiger partial charge in [0.2, 0.25) is 5.91 Å². The number of likely N-dealkylation sites (tertiary alicyclic amines) is 1. The molecule has 0 spiro atoms. The second-order valence-electron chi connectivity index (χ2n) is 6.98. The maximum Gasteiger partial charge on any atom is 0.274 e. The molecule has 25 heavy (non-hydrogen) atoms. The molecule has 1 atom stereocenters. The number of rotatable bonds is 4. The molecule has 0 radical (unpaired) electrons. The Morgan fingerprint density at radius 2 is 2.08 bits per heavy atom. The number of piperidine rings is 1. The van der Waals surface area contributed by atoms with Crippen molar-refractivity contribution < 1.29 is 14.3 Å². The second-order valence-corrected chi connectivity index (χ2v) is 6.98. The molecule has 1 aromatic rings. The van der Waals surface area contributed by atoms with E-state index in [2.05, 4.69) is 15.1 Å². The Hall–Kier alpha value is -1.93. The third-order valence-corrected chi connectivity index (χ3v) is 4.92. The van der Waals surface area contributed by atoms with Crippen LogP contribution in [0.15, 0.2) is 6.07 Å². The fourth-order valence-corrected chi connectivity index (χ4v) is 3.37. The minimum Gasteiger partial charge on any atom is -0.378 e. The first-order valence-electron chi connectivity index (χ1n) is 8.89. The second kappa shape index (κ2) is 7.97. The Balaban J connectivity index is 1.61. The summed E-state index contributed by atoms with van der Waals surface area (Å²) in [4.78, 5) is 30.0. The summed E-state index contributed by atoms with van der Waals surface area (Å²) in [7, 11) is 3.56. The molecule has 2 fully saturated rings. The van der Waals surface area contributed by atoms with Crippen LogP contribution in [0, 0.1) is 0 Å². The van der Waals surface area contributed by atoms with Gasteiger partial charge in [-0.15, -0.1) is 0 Å². The number of aromatic nitrogens is 2. The van der Waals surface area contributed by atoms with Gasteiger partial charge >= 0.3 is 0 Å². The number of morpholine rings is 1. The van der Waals surface area contributed by atoms with Gasteiger partial charge in [0.1, 0.15) is 5.69 Å². The van der Waals surface area contributed by atoms with Crippen LogP contribution in [0.2, 0.25) is 0 Å². The standard InChI is InChI=1S/C17H27N5O3/c1-20(2)16(23)12-21-5-3-4-13(11-21)14-10-15(19-18-14)17(24)22-6-8-25-9-7-22/h10,13H,3-9,11-12H2,1-2H3,(H,18,19)/t13-/m1/s1. The molecule has 2 saturated heterocycles. The van der Waals surface area contributed by atoms with E-state index < -0.39 is 0 Å². The molecule has 0 bridgehead atoms. The quantitative estimate of drug-likeness (QED) is 0.837. The monoisotopic (exact) mass is 349 g/mol. The molecule has 8 nitrogen and oxygen atoms in total. The molecular formula is C17H27N5O3. The summed E-state index contributed by atoms with van der Waals surface area (Å²) < 4.78 is 5.29. The lowest BCUT2D eigenvalue weighted by Gasteiger charge is -2.32. The van der Waals surface area contributed by atoms with Crippen molar-refractivity contribution >= 4 is 11.8 Å². The van der Waals surface area contributed by atoms with Crippen LogP contribution in [-0.4, -0.2) is 96.7 Å². The van der Waals surface area contributed by atoms with Crippen LogP contribution in [0.1, 0.15) is 34.9 Å². The number of hydrogen-bond acceptors (Lipinski definition) is 5. The van der Waals surface area contributed by atoms with Crippen LogP contribution in [0.25, 0.3) is 0 Å². The van der Waals surface area contributed by atoms with Gasteiger partial charge in [-0.3, -0.25) is 19.6 Å². The molecule has 1 aromatic heterocycles. The molecule has 2 amide bonds. The highest BCUT2D eigenvalue weighted by Gasteiger charge is 2.27. The SMILES string of the molecule is CN(C)C(=O)CN1CCC[C@@H](c2cc(C(=O)N3CCOCC3)n[nH]2)C1. The van der Waals surface area contributed by atoms with E-state index in [1.165, 1.54) is 0 Å². The van der Waals surface area contributed by atoms with E-state index in [1.807, 2.05) is 6.07 Å². The topological polar surface area (TPSA) is 81.8 Å². The molecular weight excluding hydrogens is 322 g/mol. The Kier molecular flexibility index (Phi) is 5.70. The third-order valence-electron chi connectivity index (χ3n) is 4.92. The molecule has 0 aliphatic carbocycles. The fourth-order valence-electron chi connectivity index (χ4n) is 3.37. The first-order valence-corrected chi connectivity index (χ1v) is 8.89. The van der Waals surface area contributed by atoms with E-state index >= 15 is 0 Å². The summed E-state index contributed by atoms with van der Waals surface area (Å²) in [5, 5.41) is 7.27. The van der Waals surface area contributed by atoms with Crippen molar-refractivity contribution in [2.45, 2.75) is 18.8 Å². The van der Waals surface area contributed by atoms with Crippen molar-refractivity contribution in [2.75, 3.05) is 60.0 Å². The maximum absolute atomic E-state index is 12.5. The van der Waals surface area contributed by atoms with Gasteiger partial charge in [-0.1, -0.05) is 0 Å². The molecule has 3 heterocycles. The summed E-state index contributed by atoms with van der Waals surface area (Å²) in [6.07, 6.45) is 2.08. The number of aromatic amines is 1. The molecule has 1 N–H and O–H groups in total. The summed E-state index contributed by atoms with van der Waals surface area (Å²) in [6, 6.07) is 1.87. The van der Waals surface area contributed by atoms with Gasteiger partial charge in [-0.05, 0) is 25.5 Å². The lowest BCUT2D eigenvalue weighted by molar-refractivity contribution is -0.130. The zero-order chi connectivity index (χ0) is 17.8. The largest absolute Gasteiger partial charge is 0.378 e. The Labute approximate surface area is 148 Å². The Morgan fingerprint density at radius 3 is 2.80 bits per heavy atom. The zero-order valence-electron chi connectivity index (χ0n) is 15.0. The highest BCUT2D eigenvalue weighted by molar-refractivity contribution is 5.92. The first kappa shape index (κ1) is 17.9. The molecule has 0 aromatic carbocycles. The van der Waals surface area contributed by atoms with Crippen LogP contribution in [0.4, 0.5) is 0 Å². The van der Waals surface area contributed by atoms with Gasteiger partial charge in [0.25, 0.3) is 5.91 Å². The lowest BCUT2D eigenvalue weighted by atomic mass is 9.94. The predicted octanol–water partition coefficient (Wildman–Crippen LogP) is 0.150. The fraction of sp³-hybridized carbons (Fsp3) is 0.706. The van der Waals surface area contributed by atoms with E-state index in [0.717, 1.165) is 31.6 Å². The minimum absolute atomic E-state index is 0.0405. The summed E-state index contributed by atoms with van der Waals surface area (Å²) in [5.41, 5.74) is 1.46. The highest BCUT2D eigenvalue weighted by Crippen LogP contribution is 2.26. The van der Waals surface area contributed by atoms with Crippen molar-refractivity contribution in [1.29, 1.82) is 0 Å². The van der Waals surface area contributed by atoms with Crippen molar-refractivity contribution in [3.05, 3.63) is 17.5 Å². The van der Waals surface area contributed by atoms with Gasteiger partial charge in [0.05, 0.1) is 19.8 Å². The molecule has 8 heteroatoms. The Morgan fingerprint density at radius 1 is 1.32 bits per heavy atom. The number of carbonyl (C=O) groups excluding carboxylic acids is 2. The van der Waals surface area contributed by atoms with E-state index in [-0.39, 0.29) is 17.7 Å². The van der Waals surface area contributed by atoms with Gasteiger partial charge in [0, 0.05) is 45.3 Å². The number of amides is 2. The molecule has 0 unspecified atom stereocenters. The van der Waals surface area contributed by atoms with E-state index in [4.69, 9.17) is 4.74 Å². The number of nitrogens with one attached hydrogen (secondary N) is 1.